The molecule has 1 fully saturated rings. The molecule has 0 heterocycles. The van der Waals surface area contributed by atoms with E-state index in [4.69, 9.17) is 9.84 Å². The van der Waals surface area contributed by atoms with Crippen LogP contribution < -0.4 is 10.1 Å². The Labute approximate surface area is 111 Å². The van der Waals surface area contributed by atoms with Gasteiger partial charge >= 0.3 is 5.97 Å². The van der Waals surface area contributed by atoms with Crippen molar-refractivity contribution in [3.05, 3.63) is 24.3 Å². The van der Waals surface area contributed by atoms with Crippen LogP contribution in [0.25, 0.3) is 0 Å². The van der Waals surface area contributed by atoms with Gasteiger partial charge in [0.1, 0.15) is 5.75 Å². The number of nitrogens with one attached hydrogen (secondary N) is 1. The van der Waals surface area contributed by atoms with Crippen molar-refractivity contribution < 1.29 is 19.4 Å². The van der Waals surface area contributed by atoms with Gasteiger partial charge in [-0.2, -0.15) is 0 Å². The Balaban J connectivity index is 2.00. The molecule has 2 unspecified atom stereocenters. The molecule has 2 N–H and O–H groups in total. The van der Waals surface area contributed by atoms with Crippen LogP contribution in [0.1, 0.15) is 19.3 Å². The highest BCUT2D eigenvalue weighted by atomic mass is 16.5. The van der Waals surface area contributed by atoms with Crippen molar-refractivity contribution in [2.45, 2.75) is 19.3 Å². The van der Waals surface area contributed by atoms with Crippen molar-refractivity contribution in [2.75, 3.05) is 12.4 Å². The van der Waals surface area contributed by atoms with E-state index in [1.54, 1.807) is 19.2 Å². The fourth-order valence-electron chi connectivity index (χ4n) is 2.43. The summed E-state index contributed by atoms with van der Waals surface area (Å²) >= 11 is 0. The largest absolute Gasteiger partial charge is 0.495 e. The Kier molecular flexibility index (Phi) is 4.04. The lowest BCUT2D eigenvalue weighted by atomic mass is 10.0. The van der Waals surface area contributed by atoms with Crippen molar-refractivity contribution in [3.8, 4) is 5.75 Å². The third-order valence-corrected chi connectivity index (χ3v) is 3.52. The van der Waals surface area contributed by atoms with E-state index in [1.807, 2.05) is 12.1 Å². The lowest BCUT2D eigenvalue weighted by Gasteiger charge is -2.13. The highest BCUT2D eigenvalue weighted by molar-refractivity contribution is 5.94. The quantitative estimate of drug-likeness (QED) is 0.872. The first-order valence-corrected chi connectivity index (χ1v) is 6.28. The number of methoxy groups -OCH3 is 1. The predicted molar refractivity (Wildman–Crippen MR) is 70.1 cm³/mol. The number of anilines is 1. The third kappa shape index (κ3) is 3.05. The summed E-state index contributed by atoms with van der Waals surface area (Å²) in [6.45, 7) is 0. The molecule has 1 aromatic rings. The van der Waals surface area contributed by atoms with Gasteiger partial charge in [-0.05, 0) is 31.4 Å². The van der Waals surface area contributed by atoms with Crippen LogP contribution in [0.2, 0.25) is 0 Å². The maximum atomic E-state index is 12.1. The molecule has 0 aromatic heterocycles. The van der Waals surface area contributed by atoms with Gasteiger partial charge in [-0.3, -0.25) is 9.59 Å². The number of hydrogen-bond donors (Lipinski definition) is 2. The summed E-state index contributed by atoms with van der Waals surface area (Å²) in [6.07, 6.45) is 1.60. The second-order valence-corrected chi connectivity index (χ2v) is 4.73. The van der Waals surface area contributed by atoms with E-state index in [-0.39, 0.29) is 11.8 Å². The molecule has 1 amide bonds. The molecule has 19 heavy (non-hydrogen) atoms. The van der Waals surface area contributed by atoms with Crippen LogP contribution in [0, 0.1) is 11.8 Å². The number of hydrogen-bond acceptors (Lipinski definition) is 3. The SMILES string of the molecule is COc1ccccc1NC(=O)C1CCC(C(=O)O)C1. The van der Waals surface area contributed by atoms with Crippen LogP contribution >= 0.6 is 0 Å². The van der Waals surface area contributed by atoms with Crippen molar-refractivity contribution in [1.82, 2.24) is 0 Å². The summed E-state index contributed by atoms with van der Waals surface area (Å²) in [6, 6.07) is 7.17. The van der Waals surface area contributed by atoms with Crippen molar-refractivity contribution in [3.63, 3.8) is 0 Å². The van der Waals surface area contributed by atoms with Crippen LogP contribution in [-0.4, -0.2) is 24.1 Å². The normalized spacial score (nSPS) is 21.9. The van der Waals surface area contributed by atoms with Gasteiger partial charge in [0.05, 0.1) is 18.7 Å². The second-order valence-electron chi connectivity index (χ2n) is 4.73. The number of carboxylic acid groups (broad SMARTS) is 1. The minimum Gasteiger partial charge on any atom is -0.495 e. The second kappa shape index (κ2) is 5.73. The summed E-state index contributed by atoms with van der Waals surface area (Å²) in [5, 5.41) is 11.7. The molecule has 0 spiro atoms. The fraction of sp³-hybridized carbons (Fsp3) is 0.429. The summed E-state index contributed by atoms with van der Waals surface area (Å²) in [5.74, 6) is -0.969. The number of carboxylic acids is 1. The number of aliphatic carboxylic acids is 1. The molecule has 102 valence electrons. The number of carbonyl (C=O) groups excluding carboxylic acids is 1. The van der Waals surface area contributed by atoms with Gasteiger partial charge < -0.3 is 15.2 Å². The summed E-state index contributed by atoms with van der Waals surface area (Å²) in [7, 11) is 1.54. The molecular weight excluding hydrogens is 246 g/mol. The van der Waals surface area contributed by atoms with Crippen LogP contribution in [-0.2, 0) is 9.59 Å². The Morgan fingerprint density at radius 2 is 1.95 bits per heavy atom. The van der Waals surface area contributed by atoms with Gasteiger partial charge in [0.15, 0.2) is 0 Å². The van der Waals surface area contributed by atoms with Crippen molar-refractivity contribution >= 4 is 17.6 Å². The fourth-order valence-corrected chi connectivity index (χ4v) is 2.43. The smallest absolute Gasteiger partial charge is 0.306 e. The van der Waals surface area contributed by atoms with Gasteiger partial charge in [-0.1, -0.05) is 12.1 Å². The van der Waals surface area contributed by atoms with E-state index >= 15 is 0 Å². The Morgan fingerprint density at radius 3 is 2.58 bits per heavy atom. The molecule has 2 atom stereocenters. The minimum absolute atomic E-state index is 0.131. The molecule has 0 saturated heterocycles. The van der Waals surface area contributed by atoms with E-state index in [0.717, 1.165) is 0 Å². The van der Waals surface area contributed by atoms with Crippen molar-refractivity contribution in [1.29, 1.82) is 0 Å². The van der Waals surface area contributed by atoms with Crippen LogP contribution in [0.4, 0.5) is 5.69 Å². The molecule has 0 bridgehead atoms. The summed E-state index contributed by atoms with van der Waals surface area (Å²) in [5.41, 5.74) is 0.619. The van der Waals surface area contributed by atoms with Gasteiger partial charge in [0.25, 0.3) is 0 Å². The highest BCUT2D eigenvalue weighted by Crippen LogP contribution is 2.33. The molecule has 1 aromatic carbocycles. The Morgan fingerprint density at radius 1 is 1.26 bits per heavy atom. The summed E-state index contributed by atoms with van der Waals surface area (Å²) < 4.78 is 5.16. The lowest BCUT2D eigenvalue weighted by molar-refractivity contribution is -0.141. The van der Waals surface area contributed by atoms with Gasteiger partial charge in [0, 0.05) is 5.92 Å². The molecule has 5 nitrogen and oxygen atoms in total. The zero-order chi connectivity index (χ0) is 13.8. The average Bonchev–Trinajstić information content (AvgIpc) is 2.89. The first-order chi connectivity index (χ1) is 9.11. The molecular formula is C14H17NO4. The number of carbonyl (C=O) groups is 2. The van der Waals surface area contributed by atoms with Gasteiger partial charge in [0.2, 0.25) is 5.91 Å². The first-order valence-electron chi connectivity index (χ1n) is 6.28. The molecule has 1 aliphatic rings. The van der Waals surface area contributed by atoms with E-state index in [9.17, 15) is 9.59 Å². The van der Waals surface area contributed by atoms with E-state index in [0.29, 0.717) is 30.7 Å². The number of benzene rings is 1. The number of ether oxygens (including phenoxy) is 1. The summed E-state index contributed by atoms with van der Waals surface area (Å²) in [4.78, 5) is 23.0. The molecule has 2 rings (SSSR count). The first kappa shape index (κ1) is 13.4. The molecule has 0 radical (unpaired) electrons. The molecule has 1 aliphatic carbocycles. The Hall–Kier alpha value is -2.04. The molecule has 0 aliphatic heterocycles. The van der Waals surface area contributed by atoms with Crippen molar-refractivity contribution in [2.24, 2.45) is 11.8 Å². The van der Waals surface area contributed by atoms with Gasteiger partial charge in [-0.25, -0.2) is 0 Å². The van der Waals surface area contributed by atoms with Crippen LogP contribution in [0.3, 0.4) is 0 Å². The maximum Gasteiger partial charge on any atom is 0.306 e. The zero-order valence-corrected chi connectivity index (χ0v) is 10.8. The maximum absolute atomic E-state index is 12.1. The van der Waals surface area contributed by atoms with Crippen LogP contribution in [0.5, 0.6) is 5.75 Å². The predicted octanol–water partition coefficient (Wildman–Crippen LogP) is 2.13. The third-order valence-electron chi connectivity index (χ3n) is 3.52. The minimum atomic E-state index is -0.812. The molecule has 1 saturated carbocycles. The number of para-hydroxylation sites is 2. The van der Waals surface area contributed by atoms with E-state index in [2.05, 4.69) is 5.32 Å². The zero-order valence-electron chi connectivity index (χ0n) is 10.8. The monoisotopic (exact) mass is 263 g/mol. The average molecular weight is 263 g/mol. The molecule has 5 heteroatoms. The number of amides is 1. The topological polar surface area (TPSA) is 75.6 Å². The number of rotatable bonds is 4. The Bertz CT molecular complexity index is 486. The van der Waals surface area contributed by atoms with E-state index < -0.39 is 11.9 Å². The van der Waals surface area contributed by atoms with Crippen LogP contribution in [0.15, 0.2) is 24.3 Å². The van der Waals surface area contributed by atoms with E-state index in [1.165, 1.54) is 0 Å². The standard InChI is InChI=1S/C14H17NO4/c1-19-12-5-3-2-4-11(12)15-13(16)9-6-7-10(8-9)14(17)18/h2-5,9-10H,6-8H2,1H3,(H,15,16)(H,17,18). The van der Waals surface area contributed by atoms with Gasteiger partial charge in [-0.15, -0.1) is 0 Å². The highest BCUT2D eigenvalue weighted by Gasteiger charge is 2.33. The lowest BCUT2D eigenvalue weighted by Crippen LogP contribution is -2.22.